The van der Waals surface area contributed by atoms with Gasteiger partial charge in [-0.2, -0.15) is 0 Å². The quantitative estimate of drug-likeness (QED) is 0.615. The molecule has 0 bridgehead atoms. The van der Waals surface area contributed by atoms with E-state index in [-0.39, 0.29) is 12.3 Å². The summed E-state index contributed by atoms with van der Waals surface area (Å²) in [6.45, 7) is 2.44. The van der Waals surface area contributed by atoms with E-state index in [1.54, 1.807) is 0 Å². The first-order valence-electron chi connectivity index (χ1n) is 7.12. The van der Waals surface area contributed by atoms with Crippen LogP contribution in [0.1, 0.15) is 58.3 Å². The third kappa shape index (κ3) is 6.57. The maximum absolute atomic E-state index is 11.6. The number of hydrogen-bond donors (Lipinski definition) is 3. The molecule has 5 heteroatoms. The molecule has 2 unspecified atom stereocenters. The Balaban J connectivity index is 2.16. The Morgan fingerprint density at radius 2 is 2.00 bits per heavy atom. The minimum absolute atomic E-state index is 0.1000. The lowest BCUT2D eigenvalue weighted by atomic mass is 9.79. The molecule has 0 saturated heterocycles. The summed E-state index contributed by atoms with van der Waals surface area (Å²) in [6, 6.07) is 0. The van der Waals surface area contributed by atoms with E-state index >= 15 is 0 Å². The third-order valence-corrected chi connectivity index (χ3v) is 3.73. The van der Waals surface area contributed by atoms with E-state index in [1.165, 1.54) is 0 Å². The van der Waals surface area contributed by atoms with Crippen molar-refractivity contribution >= 4 is 11.9 Å². The number of nitrogens with one attached hydrogen (secondary N) is 1. The number of carboxylic acid groups (broad SMARTS) is 1. The monoisotopic (exact) mass is 271 g/mol. The van der Waals surface area contributed by atoms with Crippen LogP contribution in [-0.4, -0.2) is 34.2 Å². The van der Waals surface area contributed by atoms with Crippen LogP contribution in [0.25, 0.3) is 0 Å². The van der Waals surface area contributed by atoms with Crippen LogP contribution in [0.5, 0.6) is 0 Å². The Labute approximate surface area is 114 Å². The van der Waals surface area contributed by atoms with Gasteiger partial charge < -0.3 is 15.5 Å². The van der Waals surface area contributed by atoms with E-state index in [0.717, 1.165) is 25.7 Å². The molecule has 1 aliphatic carbocycles. The first-order chi connectivity index (χ1) is 8.91. The number of rotatable bonds is 7. The zero-order valence-electron chi connectivity index (χ0n) is 11.7. The summed E-state index contributed by atoms with van der Waals surface area (Å²) in [6.07, 6.45) is 5.17. The van der Waals surface area contributed by atoms with Crippen molar-refractivity contribution in [2.24, 2.45) is 5.92 Å². The van der Waals surface area contributed by atoms with Gasteiger partial charge in [0.25, 0.3) is 0 Å². The zero-order valence-corrected chi connectivity index (χ0v) is 11.7. The van der Waals surface area contributed by atoms with Crippen LogP contribution >= 0.6 is 0 Å². The molecule has 1 aliphatic rings. The van der Waals surface area contributed by atoms with Gasteiger partial charge in [-0.25, -0.2) is 0 Å². The summed E-state index contributed by atoms with van der Waals surface area (Å²) in [4.78, 5) is 21.9. The Kier molecular flexibility index (Phi) is 6.28. The molecule has 3 N–H and O–H groups in total. The molecular weight excluding hydrogens is 246 g/mol. The average molecular weight is 271 g/mol. The second kappa shape index (κ2) is 7.48. The summed E-state index contributed by atoms with van der Waals surface area (Å²) >= 11 is 0. The maximum atomic E-state index is 11.6. The number of aliphatic carboxylic acids is 1. The summed E-state index contributed by atoms with van der Waals surface area (Å²) < 4.78 is 0. The van der Waals surface area contributed by atoms with Crippen molar-refractivity contribution in [1.29, 1.82) is 0 Å². The maximum Gasteiger partial charge on any atom is 0.303 e. The summed E-state index contributed by atoms with van der Waals surface area (Å²) in [5.41, 5.74) is -0.756. The van der Waals surface area contributed by atoms with E-state index in [1.807, 2.05) is 0 Å². The van der Waals surface area contributed by atoms with Crippen molar-refractivity contribution in [3.05, 3.63) is 0 Å². The second-order valence-electron chi connectivity index (χ2n) is 5.80. The fourth-order valence-electron chi connectivity index (χ4n) is 2.71. The van der Waals surface area contributed by atoms with Crippen LogP contribution in [0.15, 0.2) is 0 Å². The van der Waals surface area contributed by atoms with Crippen molar-refractivity contribution in [2.45, 2.75) is 63.9 Å². The van der Waals surface area contributed by atoms with Crippen LogP contribution in [0.3, 0.4) is 0 Å². The Morgan fingerprint density at radius 3 is 2.63 bits per heavy atom. The standard InChI is InChI=1S/C14H25NO4/c1-11-5-4-8-14(19,9-11)10-15-12(16)6-2-3-7-13(17)18/h11,19H,2-10H2,1H3,(H,15,16)(H,17,18). The van der Waals surface area contributed by atoms with Crippen LogP contribution in [-0.2, 0) is 9.59 Å². The van der Waals surface area contributed by atoms with Crippen molar-refractivity contribution in [3.63, 3.8) is 0 Å². The molecule has 0 spiro atoms. The molecule has 5 nitrogen and oxygen atoms in total. The molecule has 0 aromatic heterocycles. The number of carboxylic acids is 1. The van der Waals surface area contributed by atoms with Gasteiger partial charge in [0.2, 0.25) is 5.91 Å². The molecule has 0 aliphatic heterocycles. The molecule has 0 aromatic carbocycles. The number of aliphatic hydroxyl groups is 1. The van der Waals surface area contributed by atoms with Gasteiger partial charge in [0.1, 0.15) is 0 Å². The topological polar surface area (TPSA) is 86.6 Å². The molecule has 1 amide bonds. The highest BCUT2D eigenvalue weighted by molar-refractivity contribution is 5.76. The molecule has 0 radical (unpaired) electrons. The van der Waals surface area contributed by atoms with Gasteiger partial charge in [0.05, 0.1) is 5.60 Å². The Bertz CT molecular complexity index is 319. The lowest BCUT2D eigenvalue weighted by Crippen LogP contribution is -2.45. The summed E-state index contributed by atoms with van der Waals surface area (Å²) in [5, 5.41) is 21.6. The van der Waals surface area contributed by atoms with Crippen LogP contribution in [0.4, 0.5) is 0 Å². The highest BCUT2D eigenvalue weighted by Gasteiger charge is 2.32. The van der Waals surface area contributed by atoms with Gasteiger partial charge in [-0.1, -0.05) is 19.8 Å². The number of amides is 1. The van der Waals surface area contributed by atoms with Gasteiger partial charge >= 0.3 is 5.97 Å². The number of carbonyl (C=O) groups excluding carboxylic acids is 1. The van der Waals surface area contributed by atoms with E-state index in [0.29, 0.717) is 31.7 Å². The molecule has 1 saturated carbocycles. The van der Waals surface area contributed by atoms with Gasteiger partial charge in [0, 0.05) is 19.4 Å². The SMILES string of the molecule is CC1CCCC(O)(CNC(=O)CCCCC(=O)O)C1. The largest absolute Gasteiger partial charge is 0.481 e. The first-order valence-corrected chi connectivity index (χ1v) is 7.12. The minimum Gasteiger partial charge on any atom is -0.481 e. The van der Waals surface area contributed by atoms with Gasteiger partial charge in [-0.15, -0.1) is 0 Å². The van der Waals surface area contributed by atoms with Crippen molar-refractivity contribution < 1.29 is 19.8 Å². The fraction of sp³-hybridized carbons (Fsp3) is 0.857. The Morgan fingerprint density at radius 1 is 1.32 bits per heavy atom. The Hall–Kier alpha value is -1.10. The minimum atomic E-state index is -0.828. The smallest absolute Gasteiger partial charge is 0.303 e. The molecule has 1 rings (SSSR count). The van der Waals surface area contributed by atoms with Crippen LogP contribution in [0, 0.1) is 5.92 Å². The second-order valence-corrected chi connectivity index (χ2v) is 5.80. The van der Waals surface area contributed by atoms with E-state index in [2.05, 4.69) is 12.2 Å². The molecule has 2 atom stereocenters. The predicted molar refractivity (Wildman–Crippen MR) is 71.7 cm³/mol. The predicted octanol–water partition coefficient (Wildman–Crippen LogP) is 1.69. The number of carbonyl (C=O) groups is 2. The van der Waals surface area contributed by atoms with Crippen LogP contribution < -0.4 is 5.32 Å². The molecule has 1 fully saturated rings. The molecule has 0 heterocycles. The summed E-state index contributed by atoms with van der Waals surface area (Å²) in [7, 11) is 0. The normalized spacial score (nSPS) is 26.9. The van der Waals surface area contributed by atoms with E-state index in [4.69, 9.17) is 5.11 Å². The van der Waals surface area contributed by atoms with Crippen molar-refractivity contribution in [3.8, 4) is 0 Å². The van der Waals surface area contributed by atoms with Crippen molar-refractivity contribution in [2.75, 3.05) is 6.54 Å². The van der Waals surface area contributed by atoms with Crippen LogP contribution in [0.2, 0.25) is 0 Å². The molecule has 110 valence electrons. The highest BCUT2D eigenvalue weighted by atomic mass is 16.4. The average Bonchev–Trinajstić information content (AvgIpc) is 2.32. The molecule has 0 aromatic rings. The lowest BCUT2D eigenvalue weighted by molar-refractivity contribution is -0.137. The zero-order chi connectivity index (χ0) is 14.3. The first kappa shape index (κ1) is 16.0. The van der Waals surface area contributed by atoms with E-state index in [9.17, 15) is 14.7 Å². The number of hydrogen-bond acceptors (Lipinski definition) is 3. The van der Waals surface area contributed by atoms with Crippen molar-refractivity contribution in [1.82, 2.24) is 5.32 Å². The molecular formula is C14H25NO4. The van der Waals surface area contributed by atoms with Gasteiger partial charge in [-0.3, -0.25) is 9.59 Å². The highest BCUT2D eigenvalue weighted by Crippen LogP contribution is 2.31. The fourth-order valence-corrected chi connectivity index (χ4v) is 2.71. The third-order valence-electron chi connectivity index (χ3n) is 3.73. The van der Waals surface area contributed by atoms with E-state index < -0.39 is 11.6 Å². The molecule has 19 heavy (non-hydrogen) atoms. The van der Waals surface area contributed by atoms with Gasteiger partial charge in [0.15, 0.2) is 0 Å². The number of unbranched alkanes of at least 4 members (excludes halogenated alkanes) is 1. The lowest BCUT2D eigenvalue weighted by Gasteiger charge is -2.35. The van der Waals surface area contributed by atoms with Gasteiger partial charge in [-0.05, 0) is 31.6 Å². The summed E-state index contributed by atoms with van der Waals surface area (Å²) in [5.74, 6) is -0.422.